The summed E-state index contributed by atoms with van der Waals surface area (Å²) >= 11 is 3.65. The highest BCUT2D eigenvalue weighted by Crippen LogP contribution is 2.42. The van der Waals surface area contributed by atoms with Crippen LogP contribution in [0.1, 0.15) is 30.0 Å². The topological polar surface area (TPSA) is 12.0 Å². The van der Waals surface area contributed by atoms with Gasteiger partial charge in [0.2, 0.25) is 0 Å². The van der Waals surface area contributed by atoms with Gasteiger partial charge in [0, 0.05) is 10.5 Å². The molecule has 2 atom stereocenters. The largest absolute Gasteiger partial charge is 0.310 e. The SMILES string of the molecule is Brc1cccc2c1CC1CCCNC21. The molecule has 1 aliphatic carbocycles. The van der Waals surface area contributed by atoms with Crippen LogP contribution in [0.4, 0.5) is 0 Å². The van der Waals surface area contributed by atoms with Gasteiger partial charge in [0.1, 0.15) is 0 Å². The third kappa shape index (κ3) is 1.24. The molecule has 1 fully saturated rings. The van der Waals surface area contributed by atoms with Crippen molar-refractivity contribution in [2.75, 3.05) is 6.54 Å². The van der Waals surface area contributed by atoms with E-state index in [1.165, 1.54) is 41.4 Å². The summed E-state index contributed by atoms with van der Waals surface area (Å²) in [4.78, 5) is 0. The molecule has 1 N–H and O–H groups in total. The first-order chi connectivity index (χ1) is 6.86. The van der Waals surface area contributed by atoms with Gasteiger partial charge in [-0.1, -0.05) is 28.1 Å². The van der Waals surface area contributed by atoms with E-state index >= 15 is 0 Å². The summed E-state index contributed by atoms with van der Waals surface area (Å²) in [7, 11) is 0. The van der Waals surface area contributed by atoms with Gasteiger partial charge in [0.15, 0.2) is 0 Å². The molecule has 74 valence electrons. The van der Waals surface area contributed by atoms with Gasteiger partial charge in [-0.3, -0.25) is 0 Å². The fourth-order valence-corrected chi connectivity index (χ4v) is 3.43. The molecule has 1 nitrogen and oxygen atoms in total. The van der Waals surface area contributed by atoms with Gasteiger partial charge >= 0.3 is 0 Å². The van der Waals surface area contributed by atoms with E-state index in [1.54, 1.807) is 0 Å². The zero-order chi connectivity index (χ0) is 9.54. The zero-order valence-corrected chi connectivity index (χ0v) is 9.68. The van der Waals surface area contributed by atoms with Crippen LogP contribution in [0.2, 0.25) is 0 Å². The molecular formula is C12H14BrN. The van der Waals surface area contributed by atoms with E-state index < -0.39 is 0 Å². The van der Waals surface area contributed by atoms with Crippen LogP contribution < -0.4 is 5.32 Å². The lowest BCUT2D eigenvalue weighted by Crippen LogP contribution is -2.31. The summed E-state index contributed by atoms with van der Waals surface area (Å²) in [5, 5.41) is 3.64. The van der Waals surface area contributed by atoms with Crippen LogP contribution in [0.3, 0.4) is 0 Å². The van der Waals surface area contributed by atoms with Crippen molar-refractivity contribution < 1.29 is 0 Å². The minimum absolute atomic E-state index is 0.635. The lowest BCUT2D eigenvalue weighted by molar-refractivity contribution is 0.307. The lowest BCUT2D eigenvalue weighted by atomic mass is 9.92. The molecular weight excluding hydrogens is 238 g/mol. The Morgan fingerprint density at radius 1 is 1.36 bits per heavy atom. The number of nitrogens with one attached hydrogen (secondary N) is 1. The van der Waals surface area contributed by atoms with Crippen molar-refractivity contribution >= 4 is 15.9 Å². The van der Waals surface area contributed by atoms with E-state index in [-0.39, 0.29) is 0 Å². The Bertz CT molecular complexity index is 361. The fourth-order valence-electron chi connectivity index (χ4n) is 2.88. The van der Waals surface area contributed by atoms with Crippen molar-refractivity contribution in [2.45, 2.75) is 25.3 Å². The van der Waals surface area contributed by atoms with E-state index in [1.807, 2.05) is 0 Å². The molecule has 2 aliphatic rings. The maximum atomic E-state index is 3.65. The lowest BCUT2D eigenvalue weighted by Gasteiger charge is -2.27. The van der Waals surface area contributed by atoms with Gasteiger partial charge in [-0.25, -0.2) is 0 Å². The van der Waals surface area contributed by atoms with Crippen LogP contribution in [0.5, 0.6) is 0 Å². The smallest absolute Gasteiger partial charge is 0.0354 e. The monoisotopic (exact) mass is 251 g/mol. The second kappa shape index (κ2) is 3.35. The van der Waals surface area contributed by atoms with Gasteiger partial charge in [-0.2, -0.15) is 0 Å². The molecule has 0 saturated carbocycles. The molecule has 0 amide bonds. The molecule has 0 bridgehead atoms. The van der Waals surface area contributed by atoms with Crippen LogP contribution in [0.25, 0.3) is 0 Å². The number of halogens is 1. The van der Waals surface area contributed by atoms with Crippen molar-refractivity contribution in [1.82, 2.24) is 5.32 Å². The highest BCUT2D eigenvalue weighted by atomic mass is 79.9. The molecule has 1 saturated heterocycles. The molecule has 14 heavy (non-hydrogen) atoms. The molecule has 2 heteroatoms. The standard InChI is InChI=1S/C12H14BrN/c13-11-5-1-4-9-10(11)7-8-3-2-6-14-12(8)9/h1,4-5,8,12,14H,2-3,6-7H2. The summed E-state index contributed by atoms with van der Waals surface area (Å²) < 4.78 is 1.30. The molecule has 3 rings (SSSR count). The average Bonchev–Trinajstić information content (AvgIpc) is 2.59. The Balaban J connectivity index is 2.05. The maximum absolute atomic E-state index is 3.65. The molecule has 1 aliphatic heterocycles. The quantitative estimate of drug-likeness (QED) is 0.748. The highest BCUT2D eigenvalue weighted by molar-refractivity contribution is 9.10. The normalized spacial score (nSPS) is 29.8. The second-order valence-corrected chi connectivity index (χ2v) is 5.20. The fraction of sp³-hybridized carbons (Fsp3) is 0.500. The van der Waals surface area contributed by atoms with Gasteiger partial charge < -0.3 is 5.32 Å². The van der Waals surface area contributed by atoms with E-state index in [2.05, 4.69) is 39.4 Å². The number of piperidine rings is 1. The predicted molar refractivity (Wildman–Crippen MR) is 61.3 cm³/mol. The van der Waals surface area contributed by atoms with Crippen LogP contribution in [-0.4, -0.2) is 6.54 Å². The number of hydrogen-bond donors (Lipinski definition) is 1. The summed E-state index contributed by atoms with van der Waals surface area (Å²) in [5.41, 5.74) is 3.07. The zero-order valence-electron chi connectivity index (χ0n) is 8.09. The third-order valence-electron chi connectivity index (χ3n) is 3.54. The van der Waals surface area contributed by atoms with Gasteiger partial charge in [-0.05, 0) is 48.9 Å². The molecule has 2 unspecified atom stereocenters. The molecule has 0 aromatic heterocycles. The Morgan fingerprint density at radius 3 is 3.21 bits per heavy atom. The van der Waals surface area contributed by atoms with E-state index in [0.29, 0.717) is 6.04 Å². The van der Waals surface area contributed by atoms with Gasteiger partial charge in [0.25, 0.3) is 0 Å². The second-order valence-electron chi connectivity index (χ2n) is 4.35. The highest BCUT2D eigenvalue weighted by Gasteiger charge is 2.34. The van der Waals surface area contributed by atoms with Crippen molar-refractivity contribution in [3.63, 3.8) is 0 Å². The number of rotatable bonds is 0. The predicted octanol–water partition coefficient (Wildman–Crippen LogP) is 3.05. The van der Waals surface area contributed by atoms with Crippen molar-refractivity contribution in [1.29, 1.82) is 0 Å². The number of hydrogen-bond acceptors (Lipinski definition) is 1. The van der Waals surface area contributed by atoms with Gasteiger partial charge in [0.05, 0.1) is 0 Å². The first-order valence-electron chi connectivity index (χ1n) is 5.37. The average molecular weight is 252 g/mol. The Morgan fingerprint density at radius 2 is 2.29 bits per heavy atom. The molecule has 1 aromatic rings. The van der Waals surface area contributed by atoms with E-state index in [0.717, 1.165) is 5.92 Å². The summed E-state index contributed by atoms with van der Waals surface area (Å²) in [6.07, 6.45) is 3.99. The van der Waals surface area contributed by atoms with E-state index in [9.17, 15) is 0 Å². The summed E-state index contributed by atoms with van der Waals surface area (Å²) in [5.74, 6) is 0.845. The van der Waals surface area contributed by atoms with Crippen LogP contribution >= 0.6 is 15.9 Å². The van der Waals surface area contributed by atoms with E-state index in [4.69, 9.17) is 0 Å². The molecule has 0 spiro atoms. The maximum Gasteiger partial charge on any atom is 0.0354 e. The Hall–Kier alpha value is -0.340. The first kappa shape index (κ1) is 8.93. The molecule has 1 heterocycles. The van der Waals surface area contributed by atoms with Crippen molar-refractivity contribution in [3.8, 4) is 0 Å². The molecule has 1 aromatic carbocycles. The summed E-state index contributed by atoms with van der Waals surface area (Å²) in [6.45, 7) is 1.19. The number of fused-ring (bicyclic) bond motifs is 3. The first-order valence-corrected chi connectivity index (χ1v) is 6.16. The Labute approximate surface area is 93.0 Å². The van der Waals surface area contributed by atoms with Crippen molar-refractivity contribution in [2.24, 2.45) is 5.92 Å². The minimum atomic E-state index is 0.635. The summed E-state index contributed by atoms with van der Waals surface area (Å²) in [6, 6.07) is 7.23. The third-order valence-corrected chi connectivity index (χ3v) is 4.29. The molecule has 0 radical (unpaired) electrons. The van der Waals surface area contributed by atoms with Crippen LogP contribution in [-0.2, 0) is 6.42 Å². The van der Waals surface area contributed by atoms with Crippen molar-refractivity contribution in [3.05, 3.63) is 33.8 Å². The van der Waals surface area contributed by atoms with Crippen LogP contribution in [0, 0.1) is 5.92 Å². The number of benzene rings is 1. The van der Waals surface area contributed by atoms with Crippen LogP contribution in [0.15, 0.2) is 22.7 Å². The van der Waals surface area contributed by atoms with Gasteiger partial charge in [-0.15, -0.1) is 0 Å². The Kier molecular flexibility index (Phi) is 2.14. The minimum Gasteiger partial charge on any atom is -0.310 e.